The molecule has 2 aromatic rings. The standard InChI is InChI=1S/C20H18FNO2/c21-17-7-5-14(6-8-17)15-9-10-22(11-15)20(23)19-13-24-12-16-3-1-2-4-18(16)19/h1-9,19H,10-13H2. The summed E-state index contributed by atoms with van der Waals surface area (Å²) in [4.78, 5) is 14.8. The molecule has 0 radical (unpaired) electrons. The van der Waals surface area contributed by atoms with Crippen LogP contribution in [0.15, 0.2) is 54.6 Å². The van der Waals surface area contributed by atoms with E-state index in [-0.39, 0.29) is 17.6 Å². The van der Waals surface area contributed by atoms with Crippen molar-refractivity contribution >= 4 is 11.5 Å². The second-order valence-electron chi connectivity index (χ2n) is 6.22. The van der Waals surface area contributed by atoms with Crippen LogP contribution in [0.1, 0.15) is 22.6 Å². The van der Waals surface area contributed by atoms with Gasteiger partial charge in [0.15, 0.2) is 0 Å². The molecule has 0 aromatic heterocycles. The summed E-state index contributed by atoms with van der Waals surface area (Å²) in [5.41, 5.74) is 4.19. The highest BCUT2D eigenvalue weighted by Gasteiger charge is 2.32. The molecule has 0 bridgehead atoms. The number of rotatable bonds is 2. The third-order valence-corrected chi connectivity index (χ3v) is 4.72. The molecule has 0 spiro atoms. The predicted molar refractivity (Wildman–Crippen MR) is 89.8 cm³/mol. The highest BCUT2D eigenvalue weighted by atomic mass is 19.1. The van der Waals surface area contributed by atoms with Crippen molar-refractivity contribution in [3.63, 3.8) is 0 Å². The van der Waals surface area contributed by atoms with Gasteiger partial charge in [-0.05, 0) is 34.4 Å². The summed E-state index contributed by atoms with van der Waals surface area (Å²) in [5, 5.41) is 0. The van der Waals surface area contributed by atoms with Crippen molar-refractivity contribution in [3.8, 4) is 0 Å². The van der Waals surface area contributed by atoms with Gasteiger partial charge in [0, 0.05) is 13.1 Å². The zero-order valence-electron chi connectivity index (χ0n) is 13.2. The van der Waals surface area contributed by atoms with E-state index in [1.54, 1.807) is 12.1 Å². The second-order valence-corrected chi connectivity index (χ2v) is 6.22. The summed E-state index contributed by atoms with van der Waals surface area (Å²) in [6.07, 6.45) is 2.04. The third kappa shape index (κ3) is 2.74. The lowest BCUT2D eigenvalue weighted by Gasteiger charge is -2.28. The Hall–Kier alpha value is -2.46. The number of hydrogen-bond donors (Lipinski definition) is 0. The summed E-state index contributed by atoms with van der Waals surface area (Å²) in [6.45, 7) is 2.14. The normalized spacial score (nSPS) is 19.8. The lowest BCUT2D eigenvalue weighted by molar-refractivity contribution is -0.133. The average molecular weight is 323 g/mol. The molecule has 0 saturated carbocycles. The van der Waals surface area contributed by atoms with E-state index in [2.05, 4.69) is 0 Å². The summed E-state index contributed by atoms with van der Waals surface area (Å²) < 4.78 is 18.7. The van der Waals surface area contributed by atoms with E-state index >= 15 is 0 Å². The summed E-state index contributed by atoms with van der Waals surface area (Å²) in [7, 11) is 0. The minimum Gasteiger partial charge on any atom is -0.376 e. The van der Waals surface area contributed by atoms with E-state index < -0.39 is 0 Å². The van der Waals surface area contributed by atoms with Gasteiger partial charge >= 0.3 is 0 Å². The molecule has 4 rings (SSSR count). The highest BCUT2D eigenvalue weighted by molar-refractivity contribution is 5.87. The first-order valence-corrected chi connectivity index (χ1v) is 8.11. The minimum atomic E-state index is -0.249. The maximum atomic E-state index is 13.1. The van der Waals surface area contributed by atoms with Gasteiger partial charge in [-0.15, -0.1) is 0 Å². The minimum absolute atomic E-state index is 0.0931. The topological polar surface area (TPSA) is 29.5 Å². The fourth-order valence-corrected chi connectivity index (χ4v) is 3.40. The number of hydrogen-bond acceptors (Lipinski definition) is 2. The number of carbonyl (C=O) groups excluding carboxylic acids is 1. The molecule has 2 aliphatic rings. The van der Waals surface area contributed by atoms with E-state index in [0.717, 1.165) is 22.3 Å². The summed E-state index contributed by atoms with van der Waals surface area (Å²) >= 11 is 0. The zero-order chi connectivity index (χ0) is 16.5. The first-order chi connectivity index (χ1) is 11.7. The van der Waals surface area contributed by atoms with Gasteiger partial charge in [0.05, 0.1) is 19.1 Å². The van der Waals surface area contributed by atoms with Crippen LogP contribution in [-0.2, 0) is 16.1 Å². The Bertz CT molecular complexity index is 798. The molecule has 0 aliphatic carbocycles. The highest BCUT2D eigenvalue weighted by Crippen LogP contribution is 2.30. The van der Waals surface area contributed by atoms with Crippen molar-refractivity contribution in [2.45, 2.75) is 12.5 Å². The SMILES string of the molecule is O=C(C1COCc2ccccc21)N1CC=C(c2ccc(F)cc2)C1. The van der Waals surface area contributed by atoms with Crippen LogP contribution in [0.3, 0.4) is 0 Å². The maximum Gasteiger partial charge on any atom is 0.233 e. The molecular weight excluding hydrogens is 305 g/mol. The molecule has 24 heavy (non-hydrogen) atoms. The Morgan fingerprint density at radius 3 is 2.75 bits per heavy atom. The Kier molecular flexibility index (Phi) is 3.90. The molecule has 0 N–H and O–H groups in total. The first-order valence-electron chi connectivity index (χ1n) is 8.11. The van der Waals surface area contributed by atoms with Crippen molar-refractivity contribution in [3.05, 3.63) is 77.1 Å². The van der Waals surface area contributed by atoms with Crippen molar-refractivity contribution in [1.82, 2.24) is 4.90 Å². The van der Waals surface area contributed by atoms with E-state index in [0.29, 0.717) is 26.3 Å². The number of carbonyl (C=O) groups is 1. The van der Waals surface area contributed by atoms with Crippen molar-refractivity contribution in [2.75, 3.05) is 19.7 Å². The lowest BCUT2D eigenvalue weighted by atomic mass is 9.92. The largest absolute Gasteiger partial charge is 0.376 e. The summed E-state index contributed by atoms with van der Waals surface area (Å²) in [6, 6.07) is 14.4. The molecule has 4 heteroatoms. The van der Waals surface area contributed by atoms with Crippen molar-refractivity contribution in [1.29, 1.82) is 0 Å². The van der Waals surface area contributed by atoms with Gasteiger partial charge in [-0.1, -0.05) is 42.5 Å². The third-order valence-electron chi connectivity index (χ3n) is 4.72. The van der Waals surface area contributed by atoms with Crippen LogP contribution in [-0.4, -0.2) is 30.5 Å². The molecule has 1 amide bonds. The Labute approximate surface area is 140 Å². The molecular formula is C20H18FNO2. The van der Waals surface area contributed by atoms with Gasteiger partial charge in [0.2, 0.25) is 5.91 Å². The van der Waals surface area contributed by atoms with Crippen LogP contribution in [0.4, 0.5) is 4.39 Å². The van der Waals surface area contributed by atoms with Crippen LogP contribution >= 0.6 is 0 Å². The zero-order valence-corrected chi connectivity index (χ0v) is 13.2. The van der Waals surface area contributed by atoms with E-state index in [1.807, 2.05) is 35.2 Å². The fourth-order valence-electron chi connectivity index (χ4n) is 3.40. The Morgan fingerprint density at radius 1 is 1.12 bits per heavy atom. The molecule has 0 saturated heterocycles. The molecule has 1 atom stereocenters. The lowest BCUT2D eigenvalue weighted by Crippen LogP contribution is -2.37. The second kappa shape index (κ2) is 6.21. The van der Waals surface area contributed by atoms with Crippen LogP contribution in [0.25, 0.3) is 5.57 Å². The summed E-state index contributed by atoms with van der Waals surface area (Å²) in [5.74, 6) is -0.396. The van der Waals surface area contributed by atoms with Gasteiger partial charge < -0.3 is 9.64 Å². The molecule has 0 fully saturated rings. The van der Waals surface area contributed by atoms with Crippen LogP contribution in [0.2, 0.25) is 0 Å². The average Bonchev–Trinajstić information content (AvgIpc) is 3.11. The van der Waals surface area contributed by atoms with E-state index in [1.165, 1.54) is 12.1 Å². The fraction of sp³-hybridized carbons (Fsp3) is 0.250. The van der Waals surface area contributed by atoms with Crippen LogP contribution in [0, 0.1) is 5.82 Å². The van der Waals surface area contributed by atoms with Gasteiger partial charge in [0.25, 0.3) is 0 Å². The molecule has 2 heterocycles. The Balaban J connectivity index is 1.50. The number of halogens is 1. The van der Waals surface area contributed by atoms with E-state index in [9.17, 15) is 9.18 Å². The molecule has 2 aliphatic heterocycles. The van der Waals surface area contributed by atoms with Gasteiger partial charge in [-0.3, -0.25) is 4.79 Å². The quantitative estimate of drug-likeness (QED) is 0.848. The number of fused-ring (bicyclic) bond motifs is 1. The molecule has 1 unspecified atom stereocenters. The number of ether oxygens (including phenoxy) is 1. The van der Waals surface area contributed by atoms with Crippen LogP contribution in [0.5, 0.6) is 0 Å². The number of nitrogens with zero attached hydrogens (tertiary/aromatic N) is 1. The smallest absolute Gasteiger partial charge is 0.233 e. The molecule has 2 aromatic carbocycles. The number of amides is 1. The predicted octanol–water partition coefficient (Wildman–Crippen LogP) is 3.37. The van der Waals surface area contributed by atoms with E-state index in [4.69, 9.17) is 4.74 Å². The monoisotopic (exact) mass is 323 g/mol. The molecule has 122 valence electrons. The maximum absolute atomic E-state index is 13.1. The Morgan fingerprint density at radius 2 is 1.92 bits per heavy atom. The van der Waals surface area contributed by atoms with Gasteiger partial charge in [-0.2, -0.15) is 0 Å². The van der Waals surface area contributed by atoms with Gasteiger partial charge in [-0.25, -0.2) is 4.39 Å². The van der Waals surface area contributed by atoms with Crippen molar-refractivity contribution in [2.24, 2.45) is 0 Å². The van der Waals surface area contributed by atoms with Crippen molar-refractivity contribution < 1.29 is 13.9 Å². The first kappa shape index (κ1) is 15.1. The molecule has 3 nitrogen and oxygen atoms in total. The number of benzene rings is 2. The van der Waals surface area contributed by atoms with Crippen LogP contribution < -0.4 is 0 Å². The van der Waals surface area contributed by atoms with Gasteiger partial charge in [0.1, 0.15) is 5.82 Å².